The largest absolute Gasteiger partial charge is 0.489 e. The van der Waals surface area contributed by atoms with Gasteiger partial charge in [0.2, 0.25) is 0 Å². The first-order valence-corrected chi connectivity index (χ1v) is 11.2. The quantitative estimate of drug-likeness (QED) is 0.394. The van der Waals surface area contributed by atoms with E-state index in [1.165, 1.54) is 20.5 Å². The molecule has 0 radical (unpaired) electrons. The fourth-order valence-corrected chi connectivity index (χ4v) is 5.36. The van der Waals surface area contributed by atoms with Crippen LogP contribution in [0.25, 0.3) is 15.8 Å². The van der Waals surface area contributed by atoms with Crippen LogP contribution in [0.1, 0.15) is 22.4 Å². The van der Waals surface area contributed by atoms with Crippen molar-refractivity contribution in [2.45, 2.75) is 26.0 Å². The van der Waals surface area contributed by atoms with Crippen LogP contribution in [0.2, 0.25) is 0 Å². The van der Waals surface area contributed by atoms with Crippen molar-refractivity contribution in [3.63, 3.8) is 0 Å². The number of aryl methyl sites for hydroxylation is 1. The van der Waals surface area contributed by atoms with Gasteiger partial charge in [0.1, 0.15) is 12.4 Å². The van der Waals surface area contributed by atoms with Crippen molar-refractivity contribution < 1.29 is 4.74 Å². The lowest BCUT2D eigenvalue weighted by Gasteiger charge is -2.11. The normalized spacial score (nSPS) is 14.4. The number of ether oxygens (including phenoxy) is 1. The first-order chi connectivity index (χ1) is 14.7. The summed E-state index contributed by atoms with van der Waals surface area (Å²) in [5.41, 5.74) is 3.10. The maximum atomic E-state index is 12.8. The summed E-state index contributed by atoms with van der Waals surface area (Å²) in [5.74, 6) is 0.573. The van der Waals surface area contributed by atoms with Gasteiger partial charge >= 0.3 is 0 Å². The summed E-state index contributed by atoms with van der Waals surface area (Å²) >= 11 is 8.19. The van der Waals surface area contributed by atoms with Gasteiger partial charge in [-0.25, -0.2) is 4.42 Å². The summed E-state index contributed by atoms with van der Waals surface area (Å²) < 4.78 is 10.5. The summed E-state index contributed by atoms with van der Waals surface area (Å²) in [6, 6.07) is 19.5. The molecule has 0 amide bonds. The highest BCUT2D eigenvalue weighted by Gasteiger charge is 2.19. The predicted octanol–water partition coefficient (Wildman–Crippen LogP) is 5.53. The van der Waals surface area contributed by atoms with Gasteiger partial charge < -0.3 is 4.74 Å². The second kappa shape index (κ2) is 8.26. The maximum Gasteiger partial charge on any atom is 0.258 e. The Bertz CT molecular complexity index is 1250. The molecule has 0 N–H and O–H groups in total. The maximum absolute atomic E-state index is 12.8. The van der Waals surface area contributed by atoms with E-state index in [1.54, 1.807) is 16.8 Å². The van der Waals surface area contributed by atoms with Crippen molar-refractivity contribution in [2.75, 3.05) is 6.54 Å². The molecule has 1 aliphatic heterocycles. The summed E-state index contributed by atoms with van der Waals surface area (Å²) in [7, 11) is 0. The van der Waals surface area contributed by atoms with E-state index >= 15 is 0 Å². The minimum Gasteiger partial charge on any atom is -0.489 e. The van der Waals surface area contributed by atoms with Crippen LogP contribution in [0.5, 0.6) is 5.75 Å². The van der Waals surface area contributed by atoms with E-state index in [4.69, 9.17) is 16.5 Å². The highest BCUT2D eigenvalue weighted by atomic mass is 35.5. The molecule has 5 rings (SSSR count). The summed E-state index contributed by atoms with van der Waals surface area (Å²) in [5, 5.41) is 1.19. The van der Waals surface area contributed by atoms with E-state index in [0.29, 0.717) is 12.4 Å². The average Bonchev–Trinajstić information content (AvgIpc) is 2.98. The predicted molar refractivity (Wildman–Crippen MR) is 123 cm³/mol. The zero-order valence-electron chi connectivity index (χ0n) is 16.4. The highest BCUT2D eigenvalue weighted by Crippen LogP contribution is 2.36. The lowest BCUT2D eigenvalue weighted by Crippen LogP contribution is -2.16. The van der Waals surface area contributed by atoms with Gasteiger partial charge in [-0.2, -0.15) is 0 Å². The molecule has 1 aliphatic rings. The number of hydrogen-bond acceptors (Lipinski definition) is 4. The van der Waals surface area contributed by atoms with E-state index in [9.17, 15) is 4.79 Å². The number of aromatic nitrogens is 1. The van der Waals surface area contributed by atoms with Gasteiger partial charge in [-0.05, 0) is 65.4 Å². The van der Waals surface area contributed by atoms with Crippen LogP contribution in [-0.2, 0) is 19.6 Å². The van der Waals surface area contributed by atoms with Crippen molar-refractivity contribution in [1.29, 1.82) is 0 Å². The van der Waals surface area contributed by atoms with E-state index in [2.05, 4.69) is 12.1 Å². The lowest BCUT2D eigenvalue weighted by atomic mass is 10.1. The van der Waals surface area contributed by atoms with Crippen LogP contribution >= 0.6 is 23.1 Å². The Morgan fingerprint density at radius 2 is 1.93 bits per heavy atom. The lowest BCUT2D eigenvalue weighted by molar-refractivity contribution is 0.305. The standard InChI is InChI=1S/C24H21ClN2O2S/c25-26-11-4-7-22-21(15-26)20-13-18(8-9-23(20)30-22)27-12-10-19(14-24(27)28)29-16-17-5-2-1-3-6-17/h1-3,5-6,8-10,12-14H,4,7,11,15-16H2. The molecule has 0 spiro atoms. The van der Waals surface area contributed by atoms with Gasteiger partial charge in [-0.15, -0.1) is 11.3 Å². The Morgan fingerprint density at radius 3 is 2.77 bits per heavy atom. The Balaban J connectivity index is 1.44. The van der Waals surface area contributed by atoms with Crippen LogP contribution in [0.3, 0.4) is 0 Å². The molecular formula is C24H21ClN2O2S. The minimum atomic E-state index is -0.111. The highest BCUT2D eigenvalue weighted by molar-refractivity contribution is 7.19. The molecule has 3 heterocycles. The molecule has 0 atom stereocenters. The third-order valence-corrected chi connectivity index (χ3v) is 6.97. The number of fused-ring (bicyclic) bond motifs is 3. The third-order valence-electron chi connectivity index (χ3n) is 5.41. The third kappa shape index (κ3) is 3.88. The molecule has 0 saturated carbocycles. The molecule has 4 aromatic rings. The van der Waals surface area contributed by atoms with Crippen LogP contribution < -0.4 is 10.3 Å². The Morgan fingerprint density at radius 1 is 1.07 bits per heavy atom. The summed E-state index contributed by atoms with van der Waals surface area (Å²) in [4.78, 5) is 14.2. The number of rotatable bonds is 4. The van der Waals surface area contributed by atoms with Crippen LogP contribution in [0, 0.1) is 0 Å². The van der Waals surface area contributed by atoms with Crippen molar-refractivity contribution in [3.05, 3.63) is 93.2 Å². The van der Waals surface area contributed by atoms with E-state index in [0.717, 1.165) is 37.2 Å². The molecule has 0 aliphatic carbocycles. The van der Waals surface area contributed by atoms with Gasteiger partial charge in [-0.3, -0.25) is 9.36 Å². The van der Waals surface area contributed by atoms with Crippen molar-refractivity contribution in [2.24, 2.45) is 0 Å². The molecule has 4 nitrogen and oxygen atoms in total. The molecule has 2 aromatic heterocycles. The van der Waals surface area contributed by atoms with Gasteiger partial charge in [0.15, 0.2) is 0 Å². The molecule has 30 heavy (non-hydrogen) atoms. The number of pyridine rings is 1. The summed E-state index contributed by atoms with van der Waals surface area (Å²) in [6.45, 7) is 2.07. The monoisotopic (exact) mass is 436 g/mol. The first-order valence-electron chi connectivity index (χ1n) is 10.0. The van der Waals surface area contributed by atoms with E-state index < -0.39 is 0 Å². The van der Waals surface area contributed by atoms with E-state index in [-0.39, 0.29) is 5.56 Å². The fraction of sp³-hybridized carbons (Fsp3) is 0.208. The van der Waals surface area contributed by atoms with Gasteiger partial charge in [0.05, 0.1) is 0 Å². The Labute approximate surface area is 184 Å². The Kier molecular flexibility index (Phi) is 5.34. The number of thiophene rings is 1. The topological polar surface area (TPSA) is 34.5 Å². The number of benzene rings is 2. The molecule has 0 saturated heterocycles. The molecular weight excluding hydrogens is 416 g/mol. The van der Waals surface area contributed by atoms with Crippen LogP contribution in [0.15, 0.2) is 71.7 Å². The smallest absolute Gasteiger partial charge is 0.258 e. The Hall–Kier alpha value is -2.60. The average molecular weight is 437 g/mol. The van der Waals surface area contributed by atoms with E-state index in [1.807, 2.05) is 58.2 Å². The molecule has 2 aromatic carbocycles. The molecule has 0 unspecified atom stereocenters. The first kappa shape index (κ1) is 19.4. The van der Waals surface area contributed by atoms with Crippen molar-refractivity contribution >= 4 is 33.2 Å². The second-order valence-corrected chi connectivity index (χ2v) is 9.09. The number of nitrogens with zero attached hydrogens (tertiary/aromatic N) is 2. The second-order valence-electron chi connectivity index (χ2n) is 7.48. The molecule has 6 heteroatoms. The fourth-order valence-electron chi connectivity index (χ4n) is 3.88. The molecule has 0 bridgehead atoms. The van der Waals surface area contributed by atoms with Crippen molar-refractivity contribution in [3.8, 4) is 11.4 Å². The minimum absolute atomic E-state index is 0.111. The molecule has 0 fully saturated rings. The van der Waals surface area contributed by atoms with Gasteiger partial charge in [-0.1, -0.05) is 30.3 Å². The van der Waals surface area contributed by atoms with Gasteiger partial charge in [0, 0.05) is 40.6 Å². The van der Waals surface area contributed by atoms with Gasteiger partial charge in [0.25, 0.3) is 5.56 Å². The SMILES string of the molecule is O=c1cc(OCc2ccccc2)ccn1-c1ccc2sc3c(c2c1)CN(Cl)CCC3. The number of hydrogen-bond donors (Lipinski definition) is 0. The van der Waals surface area contributed by atoms with Crippen molar-refractivity contribution in [1.82, 2.24) is 8.99 Å². The van der Waals surface area contributed by atoms with Crippen LogP contribution in [0.4, 0.5) is 0 Å². The zero-order chi connectivity index (χ0) is 20.5. The molecule has 152 valence electrons. The number of halogens is 1. The van der Waals surface area contributed by atoms with Crippen LogP contribution in [-0.4, -0.2) is 15.5 Å². The summed E-state index contributed by atoms with van der Waals surface area (Å²) in [6.07, 6.45) is 3.91. The zero-order valence-corrected chi connectivity index (χ0v) is 18.0.